The number of hydrogen-bond acceptors (Lipinski definition) is 3. The first-order chi connectivity index (χ1) is 15.1. The minimum Gasteiger partial charge on any atom is -0.322 e. The van der Waals surface area contributed by atoms with Crippen LogP contribution in [0.2, 0.25) is 0 Å². The molecule has 3 aromatic carbocycles. The quantitative estimate of drug-likeness (QED) is 0.651. The summed E-state index contributed by atoms with van der Waals surface area (Å²) < 4.78 is 0. The van der Waals surface area contributed by atoms with Crippen LogP contribution in [0.25, 0.3) is 0 Å². The highest BCUT2D eigenvalue weighted by Gasteiger charge is 2.24. The summed E-state index contributed by atoms with van der Waals surface area (Å²) in [6.45, 7) is 2.55. The van der Waals surface area contributed by atoms with Crippen molar-refractivity contribution in [1.29, 1.82) is 0 Å². The number of fused-ring (bicyclic) bond motifs is 1. The summed E-state index contributed by atoms with van der Waals surface area (Å²) >= 11 is 0. The molecule has 0 fully saturated rings. The maximum Gasteiger partial charge on any atom is 0.258 e. The van der Waals surface area contributed by atoms with E-state index >= 15 is 0 Å². The van der Waals surface area contributed by atoms with E-state index in [0.717, 1.165) is 35.4 Å². The van der Waals surface area contributed by atoms with Gasteiger partial charge in [0.05, 0.1) is 5.69 Å². The van der Waals surface area contributed by atoms with E-state index in [0.29, 0.717) is 23.4 Å². The van der Waals surface area contributed by atoms with Crippen molar-refractivity contribution in [2.45, 2.75) is 19.8 Å². The Hall–Kier alpha value is -3.73. The van der Waals surface area contributed by atoms with Crippen molar-refractivity contribution in [3.63, 3.8) is 0 Å². The molecule has 0 bridgehead atoms. The molecule has 5 heteroatoms. The van der Waals surface area contributed by atoms with Crippen molar-refractivity contribution in [3.8, 4) is 0 Å². The van der Waals surface area contributed by atoms with Crippen molar-refractivity contribution in [3.05, 3.63) is 95.1 Å². The third-order valence-electron chi connectivity index (χ3n) is 5.60. The number of hydrogen-bond donors (Lipinski definition) is 1. The van der Waals surface area contributed by atoms with Crippen LogP contribution in [0.3, 0.4) is 0 Å². The number of anilines is 2. The van der Waals surface area contributed by atoms with Gasteiger partial charge in [0.15, 0.2) is 0 Å². The lowest BCUT2D eigenvalue weighted by Gasteiger charge is -2.23. The molecule has 3 aromatic rings. The lowest BCUT2D eigenvalue weighted by molar-refractivity contribution is 0.0985. The lowest BCUT2D eigenvalue weighted by Crippen LogP contribution is -2.31. The predicted octanol–water partition coefficient (Wildman–Crippen LogP) is 5.11. The monoisotopic (exact) mass is 411 g/mol. The van der Waals surface area contributed by atoms with Gasteiger partial charge in [0.2, 0.25) is 0 Å². The maximum atomic E-state index is 13.3. The van der Waals surface area contributed by atoms with E-state index in [1.807, 2.05) is 54.3 Å². The summed E-state index contributed by atoms with van der Waals surface area (Å²) in [5, 5.41) is 2.90. The second-order valence-corrected chi connectivity index (χ2v) is 7.59. The molecule has 1 aliphatic rings. The van der Waals surface area contributed by atoms with Crippen LogP contribution in [0.15, 0.2) is 77.8 Å². The van der Waals surface area contributed by atoms with Gasteiger partial charge < -0.3 is 10.2 Å². The number of nitrogens with one attached hydrogen (secondary N) is 1. The van der Waals surface area contributed by atoms with Crippen molar-refractivity contribution in [2.24, 2.45) is 4.99 Å². The molecule has 1 aliphatic heterocycles. The molecule has 1 heterocycles. The zero-order valence-electron chi connectivity index (χ0n) is 17.8. The standard InChI is InChI=1S/C26H25N3O2/c1-18-8-3-4-9-21(18)25(30)28-20-15-13-19(14-16-20)26(31)29-17-7-11-23(27-2)22-10-5-6-12-24(22)29/h3-6,8-10,12-16H,7,11,17H2,1-2H3,(H,28,30). The van der Waals surface area contributed by atoms with Gasteiger partial charge in [-0.3, -0.25) is 14.6 Å². The molecule has 0 spiro atoms. The van der Waals surface area contributed by atoms with Crippen molar-refractivity contribution in [1.82, 2.24) is 0 Å². The highest BCUT2D eigenvalue weighted by molar-refractivity contribution is 6.13. The zero-order chi connectivity index (χ0) is 21.8. The SMILES string of the molecule is CN=C1CCCN(C(=O)c2ccc(NC(=O)c3ccccc3C)cc2)c2ccccc21. The maximum absolute atomic E-state index is 13.3. The number of carbonyl (C=O) groups is 2. The van der Waals surface area contributed by atoms with E-state index < -0.39 is 0 Å². The number of benzene rings is 3. The van der Waals surface area contributed by atoms with Crippen LogP contribution in [0, 0.1) is 6.92 Å². The first-order valence-corrected chi connectivity index (χ1v) is 10.4. The molecule has 1 N–H and O–H groups in total. The number of carbonyl (C=O) groups excluding carboxylic acids is 2. The van der Waals surface area contributed by atoms with Crippen LogP contribution in [0.4, 0.5) is 11.4 Å². The number of rotatable bonds is 3. The summed E-state index contributed by atoms with van der Waals surface area (Å²) in [4.78, 5) is 32.1. The van der Waals surface area contributed by atoms with Gasteiger partial charge in [0.1, 0.15) is 0 Å². The van der Waals surface area contributed by atoms with E-state index in [4.69, 9.17) is 0 Å². The highest BCUT2D eigenvalue weighted by Crippen LogP contribution is 2.28. The summed E-state index contributed by atoms with van der Waals surface area (Å²) in [5.74, 6) is -0.216. The van der Waals surface area contributed by atoms with E-state index in [1.165, 1.54) is 0 Å². The van der Waals surface area contributed by atoms with Crippen LogP contribution in [0.1, 0.15) is 44.7 Å². The fourth-order valence-electron chi connectivity index (χ4n) is 3.93. The van der Waals surface area contributed by atoms with E-state index in [2.05, 4.69) is 10.3 Å². The Kier molecular flexibility index (Phi) is 5.94. The van der Waals surface area contributed by atoms with Crippen LogP contribution in [0.5, 0.6) is 0 Å². The summed E-state index contributed by atoms with van der Waals surface area (Å²) in [7, 11) is 1.80. The first-order valence-electron chi connectivity index (χ1n) is 10.4. The number of nitrogens with zero attached hydrogens (tertiary/aromatic N) is 2. The van der Waals surface area contributed by atoms with E-state index in [-0.39, 0.29) is 11.8 Å². The smallest absolute Gasteiger partial charge is 0.258 e. The average Bonchev–Trinajstić information content (AvgIpc) is 2.99. The van der Waals surface area contributed by atoms with Gasteiger partial charge in [-0.15, -0.1) is 0 Å². The Morgan fingerprint density at radius 1 is 0.935 bits per heavy atom. The van der Waals surface area contributed by atoms with Crippen LogP contribution in [-0.2, 0) is 0 Å². The second-order valence-electron chi connectivity index (χ2n) is 7.59. The minimum absolute atomic E-state index is 0.0541. The summed E-state index contributed by atoms with van der Waals surface area (Å²) in [6, 6.07) is 22.4. The van der Waals surface area contributed by atoms with Crippen LogP contribution < -0.4 is 10.2 Å². The molecule has 0 unspecified atom stereocenters. The Bertz CT molecular complexity index is 1150. The molecule has 156 valence electrons. The first kappa shape index (κ1) is 20.5. The van der Waals surface area contributed by atoms with E-state index in [9.17, 15) is 9.59 Å². The molecule has 4 rings (SSSR count). The summed E-state index contributed by atoms with van der Waals surface area (Å²) in [5.41, 5.74) is 5.72. The molecule has 0 saturated carbocycles. The van der Waals surface area contributed by atoms with Gasteiger partial charge in [-0.05, 0) is 61.7 Å². The number of amides is 2. The summed E-state index contributed by atoms with van der Waals surface area (Å²) in [6.07, 6.45) is 1.71. The van der Waals surface area contributed by atoms with Crippen LogP contribution >= 0.6 is 0 Å². The Balaban J connectivity index is 1.55. The molecule has 2 amide bonds. The highest BCUT2D eigenvalue weighted by atomic mass is 16.2. The largest absolute Gasteiger partial charge is 0.322 e. The molecule has 5 nitrogen and oxygen atoms in total. The third-order valence-corrected chi connectivity index (χ3v) is 5.60. The van der Waals surface area contributed by atoms with Crippen molar-refractivity contribution < 1.29 is 9.59 Å². The molecule has 31 heavy (non-hydrogen) atoms. The van der Waals surface area contributed by atoms with Gasteiger partial charge >= 0.3 is 0 Å². The van der Waals surface area contributed by atoms with Crippen LogP contribution in [-0.4, -0.2) is 31.1 Å². The van der Waals surface area contributed by atoms with Gasteiger partial charge in [0.25, 0.3) is 11.8 Å². The number of aliphatic imine (C=N–C) groups is 1. The van der Waals surface area contributed by atoms with E-state index in [1.54, 1.807) is 37.4 Å². The molecule has 0 radical (unpaired) electrons. The van der Waals surface area contributed by atoms with Gasteiger partial charge in [-0.25, -0.2) is 0 Å². The average molecular weight is 412 g/mol. The second kappa shape index (κ2) is 8.96. The minimum atomic E-state index is -0.162. The number of aryl methyl sites for hydroxylation is 1. The Labute approximate surface area is 182 Å². The van der Waals surface area contributed by atoms with Crippen molar-refractivity contribution >= 4 is 28.9 Å². The third kappa shape index (κ3) is 4.26. The molecular weight excluding hydrogens is 386 g/mol. The fraction of sp³-hybridized carbons (Fsp3) is 0.192. The van der Waals surface area contributed by atoms with Crippen molar-refractivity contribution in [2.75, 3.05) is 23.8 Å². The number of para-hydroxylation sites is 1. The molecule has 0 saturated heterocycles. The van der Waals surface area contributed by atoms with Gasteiger partial charge in [-0.2, -0.15) is 0 Å². The topological polar surface area (TPSA) is 61.8 Å². The predicted molar refractivity (Wildman–Crippen MR) is 125 cm³/mol. The van der Waals surface area contributed by atoms with Gasteiger partial charge in [0, 0.05) is 41.7 Å². The van der Waals surface area contributed by atoms with Gasteiger partial charge in [-0.1, -0.05) is 36.4 Å². The normalized spacial score (nSPS) is 14.6. The lowest BCUT2D eigenvalue weighted by atomic mass is 10.0. The fourth-order valence-corrected chi connectivity index (χ4v) is 3.93. The molecule has 0 aromatic heterocycles. The molecule has 0 atom stereocenters. The zero-order valence-corrected chi connectivity index (χ0v) is 17.8. The Morgan fingerprint density at radius 2 is 1.65 bits per heavy atom. The molecular formula is C26H25N3O2. The molecule has 0 aliphatic carbocycles. The Morgan fingerprint density at radius 3 is 2.39 bits per heavy atom.